The van der Waals surface area contributed by atoms with Gasteiger partial charge in [0.15, 0.2) is 5.84 Å². The van der Waals surface area contributed by atoms with E-state index in [1.807, 2.05) is 11.8 Å². The zero-order valence-electron chi connectivity index (χ0n) is 11.5. The number of amidine groups is 1. The number of benzene rings is 1. The minimum Gasteiger partial charge on any atom is -0.409 e. The fraction of sp³-hybridized carbons (Fsp3) is 0.500. The zero-order valence-corrected chi connectivity index (χ0v) is 12.3. The van der Waals surface area contributed by atoms with Crippen LogP contribution in [-0.2, 0) is 6.54 Å². The third-order valence-electron chi connectivity index (χ3n) is 3.92. The number of thioether (sulfide) groups is 1. The Labute approximate surface area is 122 Å². The molecule has 0 amide bonds. The molecule has 0 heterocycles. The summed E-state index contributed by atoms with van der Waals surface area (Å²) in [5, 5.41) is 14.8. The van der Waals surface area contributed by atoms with E-state index in [2.05, 4.69) is 16.7 Å². The van der Waals surface area contributed by atoms with Crippen LogP contribution in [0.1, 0.15) is 30.4 Å². The molecule has 0 atom stereocenters. The summed E-state index contributed by atoms with van der Waals surface area (Å²) in [7, 11) is 0. The largest absolute Gasteiger partial charge is 0.409 e. The van der Waals surface area contributed by atoms with Crippen molar-refractivity contribution in [3.8, 4) is 0 Å². The fourth-order valence-electron chi connectivity index (χ4n) is 2.42. The number of rotatable bonds is 6. The average molecular weight is 297 g/mol. The van der Waals surface area contributed by atoms with Crippen molar-refractivity contribution in [1.29, 1.82) is 0 Å². The van der Waals surface area contributed by atoms with Crippen LogP contribution in [0.15, 0.2) is 23.4 Å². The lowest BCUT2D eigenvalue weighted by Gasteiger charge is -2.40. The van der Waals surface area contributed by atoms with E-state index >= 15 is 0 Å². The maximum atomic E-state index is 14.2. The highest BCUT2D eigenvalue weighted by Gasteiger charge is 2.35. The Kier molecular flexibility index (Phi) is 4.88. The number of oxime groups is 1. The first-order valence-electron chi connectivity index (χ1n) is 6.63. The van der Waals surface area contributed by atoms with E-state index in [0.717, 1.165) is 6.54 Å². The van der Waals surface area contributed by atoms with Gasteiger partial charge in [-0.25, -0.2) is 4.39 Å². The lowest BCUT2D eigenvalue weighted by molar-refractivity contribution is 0.318. The highest BCUT2D eigenvalue weighted by molar-refractivity contribution is 8.00. The van der Waals surface area contributed by atoms with Crippen LogP contribution in [0.3, 0.4) is 0 Å². The molecule has 1 saturated carbocycles. The van der Waals surface area contributed by atoms with Gasteiger partial charge in [0.25, 0.3) is 0 Å². The summed E-state index contributed by atoms with van der Waals surface area (Å²) in [6, 6.07) is 4.92. The van der Waals surface area contributed by atoms with E-state index < -0.39 is 5.82 Å². The number of hydrogen-bond donors (Lipinski definition) is 3. The lowest BCUT2D eigenvalue weighted by atomic mass is 9.84. The van der Waals surface area contributed by atoms with E-state index in [4.69, 9.17) is 10.9 Å². The summed E-state index contributed by atoms with van der Waals surface area (Å²) in [5.41, 5.74) is 6.12. The fourth-order valence-corrected chi connectivity index (χ4v) is 3.36. The lowest BCUT2D eigenvalue weighted by Crippen LogP contribution is -2.43. The Morgan fingerprint density at radius 2 is 2.30 bits per heavy atom. The molecule has 4 N–H and O–H groups in total. The maximum absolute atomic E-state index is 14.2. The molecule has 0 aromatic heterocycles. The van der Waals surface area contributed by atoms with Gasteiger partial charge in [0.1, 0.15) is 5.82 Å². The number of nitrogens with zero attached hydrogens (tertiary/aromatic N) is 1. The summed E-state index contributed by atoms with van der Waals surface area (Å²) in [4.78, 5) is 0. The first-order chi connectivity index (χ1) is 9.62. The molecule has 1 aromatic carbocycles. The van der Waals surface area contributed by atoms with Gasteiger partial charge in [0.05, 0.1) is 5.56 Å². The molecule has 1 aromatic rings. The standard InChI is InChI=1S/C14H20FN3OS/c1-20-14(6-3-7-14)9-17-8-10-4-2-5-11(12(10)15)13(16)18-19/h2,4-5,17,19H,3,6-9H2,1H3,(H2,16,18). The van der Waals surface area contributed by atoms with Gasteiger partial charge in [-0.05, 0) is 25.2 Å². The molecule has 0 radical (unpaired) electrons. The summed E-state index contributed by atoms with van der Waals surface area (Å²) in [5.74, 6) is -0.633. The van der Waals surface area contributed by atoms with E-state index in [1.54, 1.807) is 12.1 Å². The van der Waals surface area contributed by atoms with Crippen molar-refractivity contribution in [2.75, 3.05) is 12.8 Å². The molecule has 0 unspecified atom stereocenters. The summed E-state index contributed by atoms with van der Waals surface area (Å²) in [6.45, 7) is 1.32. The second kappa shape index (κ2) is 6.45. The topological polar surface area (TPSA) is 70.6 Å². The molecular formula is C14H20FN3OS. The summed E-state index contributed by atoms with van der Waals surface area (Å²) < 4.78 is 14.5. The molecule has 4 nitrogen and oxygen atoms in total. The van der Waals surface area contributed by atoms with Gasteiger partial charge in [-0.3, -0.25) is 0 Å². The number of nitrogens with two attached hydrogens (primary N) is 1. The van der Waals surface area contributed by atoms with Crippen molar-refractivity contribution < 1.29 is 9.60 Å². The van der Waals surface area contributed by atoms with Crippen molar-refractivity contribution in [1.82, 2.24) is 5.32 Å². The second-order valence-corrected chi connectivity index (χ2v) is 6.38. The molecule has 20 heavy (non-hydrogen) atoms. The summed E-state index contributed by atoms with van der Waals surface area (Å²) in [6.07, 6.45) is 5.83. The Bertz CT molecular complexity index is 498. The third-order valence-corrected chi connectivity index (χ3v) is 5.34. The highest BCUT2D eigenvalue weighted by atomic mass is 32.2. The van der Waals surface area contributed by atoms with Gasteiger partial charge >= 0.3 is 0 Å². The minimum absolute atomic E-state index is 0.134. The maximum Gasteiger partial charge on any atom is 0.173 e. The van der Waals surface area contributed by atoms with Crippen molar-refractivity contribution in [2.24, 2.45) is 10.9 Å². The molecule has 0 saturated heterocycles. The molecular weight excluding hydrogens is 277 g/mol. The van der Waals surface area contributed by atoms with E-state index in [1.165, 1.54) is 25.3 Å². The molecule has 2 rings (SSSR count). The van der Waals surface area contributed by atoms with E-state index in [9.17, 15) is 4.39 Å². The van der Waals surface area contributed by atoms with E-state index in [-0.39, 0.29) is 11.4 Å². The van der Waals surface area contributed by atoms with Crippen LogP contribution in [0.4, 0.5) is 4.39 Å². The highest BCUT2D eigenvalue weighted by Crippen LogP contribution is 2.42. The van der Waals surface area contributed by atoms with Gasteiger partial charge in [-0.2, -0.15) is 11.8 Å². The van der Waals surface area contributed by atoms with Gasteiger partial charge in [-0.15, -0.1) is 0 Å². The normalized spacial score (nSPS) is 17.8. The van der Waals surface area contributed by atoms with Crippen LogP contribution in [0.5, 0.6) is 0 Å². The van der Waals surface area contributed by atoms with Gasteiger partial charge < -0.3 is 16.3 Å². The Balaban J connectivity index is 1.99. The van der Waals surface area contributed by atoms with Crippen molar-refractivity contribution >= 4 is 17.6 Å². The molecule has 0 spiro atoms. The van der Waals surface area contributed by atoms with Crippen molar-refractivity contribution in [2.45, 2.75) is 30.6 Å². The molecule has 1 fully saturated rings. The van der Waals surface area contributed by atoms with Crippen LogP contribution < -0.4 is 11.1 Å². The number of nitrogens with one attached hydrogen (secondary N) is 1. The van der Waals surface area contributed by atoms with Crippen LogP contribution in [0.2, 0.25) is 0 Å². The van der Waals surface area contributed by atoms with Gasteiger partial charge in [-0.1, -0.05) is 23.7 Å². The van der Waals surface area contributed by atoms with Crippen LogP contribution in [0.25, 0.3) is 0 Å². The predicted molar refractivity (Wildman–Crippen MR) is 80.7 cm³/mol. The van der Waals surface area contributed by atoms with Crippen LogP contribution in [-0.4, -0.2) is 28.6 Å². The molecule has 0 bridgehead atoms. The van der Waals surface area contributed by atoms with Crippen LogP contribution in [0, 0.1) is 5.82 Å². The second-order valence-electron chi connectivity index (χ2n) is 5.11. The summed E-state index contributed by atoms with van der Waals surface area (Å²) >= 11 is 1.88. The van der Waals surface area contributed by atoms with Crippen molar-refractivity contribution in [3.05, 3.63) is 35.1 Å². The average Bonchev–Trinajstić information content (AvgIpc) is 2.42. The first kappa shape index (κ1) is 15.1. The quantitative estimate of drug-likeness (QED) is 0.326. The Morgan fingerprint density at radius 1 is 1.55 bits per heavy atom. The van der Waals surface area contributed by atoms with Gasteiger partial charge in [0.2, 0.25) is 0 Å². The predicted octanol–water partition coefficient (Wildman–Crippen LogP) is 2.30. The molecule has 6 heteroatoms. The third kappa shape index (κ3) is 3.07. The Morgan fingerprint density at radius 3 is 2.85 bits per heavy atom. The molecule has 110 valence electrons. The van der Waals surface area contributed by atoms with E-state index in [0.29, 0.717) is 16.9 Å². The van der Waals surface area contributed by atoms with Gasteiger partial charge in [0, 0.05) is 23.4 Å². The zero-order chi connectivity index (χ0) is 14.6. The molecule has 1 aliphatic rings. The number of halogens is 1. The number of hydrogen-bond acceptors (Lipinski definition) is 4. The molecule has 1 aliphatic carbocycles. The van der Waals surface area contributed by atoms with Crippen LogP contribution >= 0.6 is 11.8 Å². The SMILES string of the molecule is CSC1(CNCc2cccc(/C(N)=N/O)c2F)CCC1. The first-order valence-corrected chi connectivity index (χ1v) is 7.85. The Hall–Kier alpha value is -1.27. The van der Waals surface area contributed by atoms with Crippen molar-refractivity contribution in [3.63, 3.8) is 0 Å². The smallest absolute Gasteiger partial charge is 0.173 e. The monoisotopic (exact) mass is 297 g/mol. The molecule has 0 aliphatic heterocycles. The minimum atomic E-state index is -0.429.